The first-order valence-electron chi connectivity index (χ1n) is 7.49. The van der Waals surface area contributed by atoms with Crippen molar-refractivity contribution in [3.05, 3.63) is 55.1 Å². The van der Waals surface area contributed by atoms with Crippen LogP contribution < -0.4 is 10.9 Å². The Morgan fingerprint density at radius 1 is 1.40 bits per heavy atom. The molecule has 6 nitrogen and oxygen atoms in total. The molecule has 25 heavy (non-hydrogen) atoms. The van der Waals surface area contributed by atoms with Crippen molar-refractivity contribution < 1.29 is 19.0 Å². The lowest BCUT2D eigenvalue weighted by Gasteiger charge is -2.17. The smallest absolute Gasteiger partial charge is 0.254 e. The highest BCUT2D eigenvalue weighted by Gasteiger charge is 2.18. The van der Waals surface area contributed by atoms with E-state index in [0.717, 1.165) is 3.57 Å². The maximum Gasteiger partial charge on any atom is 0.254 e. The number of nitrogens with zero attached hydrogens (tertiary/aromatic N) is 1. The van der Waals surface area contributed by atoms with Crippen molar-refractivity contribution in [3.8, 4) is 0 Å². The Morgan fingerprint density at radius 2 is 2.12 bits per heavy atom. The molecule has 0 aliphatic heterocycles. The average molecular weight is 460 g/mol. The highest BCUT2D eigenvalue weighted by molar-refractivity contribution is 14.1. The third-order valence-corrected chi connectivity index (χ3v) is 4.22. The fourth-order valence-electron chi connectivity index (χ4n) is 2.28. The van der Waals surface area contributed by atoms with Crippen LogP contribution in [0.25, 0.3) is 0 Å². The van der Waals surface area contributed by atoms with Crippen LogP contribution in [0.3, 0.4) is 0 Å². The number of pyridine rings is 1. The van der Waals surface area contributed by atoms with Crippen molar-refractivity contribution in [1.29, 1.82) is 0 Å². The van der Waals surface area contributed by atoms with Crippen molar-refractivity contribution in [3.63, 3.8) is 0 Å². The first-order valence-corrected chi connectivity index (χ1v) is 8.57. The number of aliphatic hydroxyl groups excluding tert-OH is 1. The molecule has 0 saturated carbocycles. The van der Waals surface area contributed by atoms with Gasteiger partial charge in [-0.3, -0.25) is 14.2 Å². The van der Waals surface area contributed by atoms with Crippen molar-refractivity contribution in [2.45, 2.75) is 6.92 Å². The number of rotatable bonds is 7. The van der Waals surface area contributed by atoms with E-state index >= 15 is 0 Å². The van der Waals surface area contributed by atoms with E-state index in [2.05, 4.69) is 5.32 Å². The van der Waals surface area contributed by atoms with E-state index in [-0.39, 0.29) is 48.2 Å². The standard InChI is InChI=1S/C17H18FIN2O4/c1-10-7-12(15(23)9-25-6-5-22)16(21(2)17(10)24)20-14-4-3-11(19)8-13(14)18/h3-4,7-8,20,22H,5-6,9H2,1-2H3. The molecule has 0 aliphatic carbocycles. The second-order valence-electron chi connectivity index (χ2n) is 5.40. The van der Waals surface area contributed by atoms with Gasteiger partial charge in [-0.2, -0.15) is 0 Å². The number of ketones is 1. The van der Waals surface area contributed by atoms with Crippen molar-refractivity contribution in [2.75, 3.05) is 25.1 Å². The number of ether oxygens (including phenoxy) is 1. The van der Waals surface area contributed by atoms with Crippen molar-refractivity contribution in [2.24, 2.45) is 7.05 Å². The van der Waals surface area contributed by atoms with Gasteiger partial charge in [-0.05, 0) is 53.8 Å². The number of hydrogen-bond acceptors (Lipinski definition) is 5. The summed E-state index contributed by atoms with van der Waals surface area (Å²) in [6.07, 6.45) is 0. The lowest BCUT2D eigenvalue weighted by atomic mass is 10.1. The Kier molecular flexibility index (Phi) is 6.68. The highest BCUT2D eigenvalue weighted by atomic mass is 127. The Balaban J connectivity index is 2.45. The summed E-state index contributed by atoms with van der Waals surface area (Å²) in [7, 11) is 1.51. The number of anilines is 2. The van der Waals surface area contributed by atoms with E-state index in [1.807, 2.05) is 22.6 Å². The number of aromatic nitrogens is 1. The lowest BCUT2D eigenvalue weighted by molar-refractivity contribution is 0.0664. The van der Waals surface area contributed by atoms with Crippen molar-refractivity contribution in [1.82, 2.24) is 4.57 Å². The average Bonchev–Trinajstić information content (AvgIpc) is 2.57. The molecule has 0 saturated heterocycles. The van der Waals surface area contributed by atoms with E-state index in [1.165, 1.54) is 29.8 Å². The number of aryl methyl sites for hydroxylation is 1. The van der Waals surface area contributed by atoms with Crippen LogP contribution in [0.1, 0.15) is 15.9 Å². The van der Waals surface area contributed by atoms with Crippen LogP contribution in [0, 0.1) is 16.3 Å². The topological polar surface area (TPSA) is 80.6 Å². The van der Waals surface area contributed by atoms with E-state index < -0.39 is 5.82 Å². The molecule has 0 unspecified atom stereocenters. The number of benzene rings is 1. The summed E-state index contributed by atoms with van der Waals surface area (Å²) in [5.74, 6) is -0.677. The molecule has 0 atom stereocenters. The molecule has 0 radical (unpaired) electrons. The normalized spacial score (nSPS) is 10.8. The third kappa shape index (κ3) is 4.65. The van der Waals surface area contributed by atoms with Crippen LogP contribution in [0.2, 0.25) is 0 Å². The number of Topliss-reactive ketones (excluding diaryl/α,β-unsaturated/α-hetero) is 1. The monoisotopic (exact) mass is 460 g/mol. The molecule has 2 N–H and O–H groups in total. The van der Waals surface area contributed by atoms with Crippen LogP contribution in [0.5, 0.6) is 0 Å². The van der Waals surface area contributed by atoms with Gasteiger partial charge in [0.2, 0.25) is 0 Å². The number of halogens is 2. The highest BCUT2D eigenvalue weighted by Crippen LogP contribution is 2.24. The van der Waals surface area contributed by atoms with Gasteiger partial charge in [-0.25, -0.2) is 4.39 Å². The Labute approximate surface area is 157 Å². The first kappa shape index (κ1) is 19.5. The molecule has 0 fully saturated rings. The number of carbonyl (C=O) groups is 1. The zero-order valence-corrected chi connectivity index (χ0v) is 16.0. The molecule has 2 rings (SSSR count). The van der Waals surface area contributed by atoms with Gasteiger partial charge in [0.25, 0.3) is 5.56 Å². The summed E-state index contributed by atoms with van der Waals surface area (Å²) >= 11 is 1.99. The van der Waals surface area contributed by atoms with Gasteiger partial charge in [0, 0.05) is 16.2 Å². The maximum atomic E-state index is 14.1. The summed E-state index contributed by atoms with van der Waals surface area (Å²) in [4.78, 5) is 24.6. The zero-order valence-electron chi connectivity index (χ0n) is 13.8. The number of hydrogen-bond donors (Lipinski definition) is 2. The first-order chi connectivity index (χ1) is 11.8. The van der Waals surface area contributed by atoms with Gasteiger partial charge in [-0.1, -0.05) is 0 Å². The summed E-state index contributed by atoms with van der Waals surface area (Å²) in [5, 5.41) is 11.6. The molecule has 2 aromatic rings. The molecular formula is C17H18FIN2O4. The quantitative estimate of drug-likeness (QED) is 0.377. The Morgan fingerprint density at radius 3 is 2.76 bits per heavy atom. The molecule has 134 valence electrons. The predicted octanol–water partition coefficient (Wildman–Crippen LogP) is 2.37. The van der Waals surface area contributed by atoms with Crippen molar-refractivity contribution >= 4 is 39.9 Å². The van der Waals surface area contributed by atoms with E-state index in [0.29, 0.717) is 5.56 Å². The van der Waals surface area contributed by atoms with E-state index in [4.69, 9.17) is 9.84 Å². The van der Waals surface area contributed by atoms with Gasteiger partial charge in [0.1, 0.15) is 18.2 Å². The zero-order chi connectivity index (χ0) is 18.6. The van der Waals surface area contributed by atoms with Crippen LogP contribution in [0.4, 0.5) is 15.9 Å². The molecule has 1 aromatic carbocycles. The van der Waals surface area contributed by atoms with Gasteiger partial charge in [0.15, 0.2) is 5.78 Å². The van der Waals surface area contributed by atoms with Gasteiger partial charge in [-0.15, -0.1) is 0 Å². The van der Waals surface area contributed by atoms with Crippen LogP contribution in [-0.2, 0) is 11.8 Å². The number of carbonyl (C=O) groups excluding carboxylic acids is 1. The van der Waals surface area contributed by atoms with E-state index in [1.54, 1.807) is 13.0 Å². The van der Waals surface area contributed by atoms with Gasteiger partial charge >= 0.3 is 0 Å². The second-order valence-corrected chi connectivity index (χ2v) is 6.65. The minimum absolute atomic E-state index is 0.0327. The molecule has 1 aromatic heterocycles. The van der Waals surface area contributed by atoms with E-state index in [9.17, 15) is 14.0 Å². The van der Waals surface area contributed by atoms with Crippen LogP contribution in [0.15, 0.2) is 29.1 Å². The molecule has 0 amide bonds. The minimum Gasteiger partial charge on any atom is -0.394 e. The summed E-state index contributed by atoms with van der Waals surface area (Å²) in [6, 6.07) is 6.06. The SMILES string of the molecule is Cc1cc(C(=O)COCCO)c(Nc2ccc(I)cc2F)n(C)c1=O. The predicted molar refractivity (Wildman–Crippen MR) is 101 cm³/mol. The largest absolute Gasteiger partial charge is 0.394 e. The van der Waals surface area contributed by atoms with Gasteiger partial charge in [0.05, 0.1) is 24.5 Å². The van der Waals surface area contributed by atoms with Crippen LogP contribution in [-0.4, -0.2) is 35.3 Å². The summed E-state index contributed by atoms with van der Waals surface area (Å²) in [6.45, 7) is 1.19. The third-order valence-electron chi connectivity index (χ3n) is 3.55. The molecule has 1 heterocycles. The minimum atomic E-state index is -0.491. The maximum absolute atomic E-state index is 14.1. The van der Waals surface area contributed by atoms with Crippen LogP contribution >= 0.6 is 22.6 Å². The number of aliphatic hydroxyl groups is 1. The Bertz CT molecular complexity index is 851. The summed E-state index contributed by atoms with van der Waals surface area (Å²) < 4.78 is 21.2. The molecular weight excluding hydrogens is 442 g/mol. The second kappa shape index (κ2) is 8.54. The fraction of sp³-hybridized carbons (Fsp3) is 0.294. The van der Waals surface area contributed by atoms with Gasteiger partial charge < -0.3 is 15.2 Å². The fourth-order valence-corrected chi connectivity index (χ4v) is 2.74. The summed E-state index contributed by atoms with van der Waals surface area (Å²) in [5.41, 5.74) is 0.475. The molecule has 8 heteroatoms. The molecule has 0 spiro atoms. The number of nitrogens with one attached hydrogen (secondary N) is 1. The molecule has 0 aliphatic rings. The Hall–Kier alpha value is -1.78. The lowest BCUT2D eigenvalue weighted by Crippen LogP contribution is -2.26. The molecule has 0 bridgehead atoms.